The molecule has 0 N–H and O–H groups in total. The molecule has 3 nitrogen and oxygen atoms in total. The Kier molecular flexibility index (Phi) is 3.59. The molecule has 0 aliphatic heterocycles. The first kappa shape index (κ1) is 15.2. The van der Waals surface area contributed by atoms with Crippen molar-refractivity contribution >= 4 is 44.7 Å². The van der Waals surface area contributed by atoms with Crippen LogP contribution in [0.1, 0.15) is 20.7 Å². The molecule has 0 heterocycles. The quantitative estimate of drug-likeness (QED) is 0.652. The fraction of sp³-hybridized carbons (Fsp3) is 0.0526. The van der Waals surface area contributed by atoms with Crippen LogP contribution in [0.15, 0.2) is 65.6 Å². The summed E-state index contributed by atoms with van der Waals surface area (Å²) in [6, 6.07) is 17.0. The topological polar surface area (TPSA) is 51.2 Å². The number of hydrogen-bond donors (Lipinski definition) is 0. The Balaban J connectivity index is 1.88. The fourth-order valence-corrected chi connectivity index (χ4v) is 4.50. The van der Waals surface area contributed by atoms with E-state index in [2.05, 4.69) is 0 Å². The van der Waals surface area contributed by atoms with Gasteiger partial charge >= 0.3 is 0 Å². The van der Waals surface area contributed by atoms with Crippen molar-refractivity contribution in [2.45, 2.75) is 10.1 Å². The SMILES string of the molecule is O=C1c2cccc3cccc(c23)C(=O)C1S(=O)c1ccc(Cl)cc1. The van der Waals surface area contributed by atoms with Gasteiger partial charge in [0.25, 0.3) is 0 Å². The zero-order chi connectivity index (χ0) is 16.8. The van der Waals surface area contributed by atoms with Gasteiger partial charge in [-0.3, -0.25) is 13.8 Å². The second-order valence-corrected chi connectivity index (χ2v) is 7.54. The maximum atomic E-state index is 12.9. The van der Waals surface area contributed by atoms with E-state index in [0.717, 1.165) is 5.39 Å². The first-order valence-corrected chi connectivity index (χ1v) is 8.93. The Morgan fingerprint density at radius 3 is 1.88 bits per heavy atom. The molecule has 0 amide bonds. The van der Waals surface area contributed by atoms with Crippen LogP contribution in [0, 0.1) is 0 Å². The predicted octanol–water partition coefficient (Wildman–Crippen LogP) is 4.05. The summed E-state index contributed by atoms with van der Waals surface area (Å²) in [6.45, 7) is 0. The lowest BCUT2D eigenvalue weighted by molar-refractivity contribution is 0.0897. The molecule has 3 aromatic rings. The lowest BCUT2D eigenvalue weighted by atomic mass is 9.86. The van der Waals surface area contributed by atoms with Crippen molar-refractivity contribution in [1.82, 2.24) is 0 Å². The number of Topliss-reactive ketones (excluding diaryl/α,β-unsaturated/α-hetero) is 2. The van der Waals surface area contributed by atoms with Gasteiger partial charge in [0.15, 0.2) is 16.8 Å². The van der Waals surface area contributed by atoms with E-state index in [4.69, 9.17) is 11.6 Å². The largest absolute Gasteiger partial charge is 0.292 e. The molecule has 0 spiro atoms. The average Bonchev–Trinajstić information content (AvgIpc) is 2.60. The van der Waals surface area contributed by atoms with Gasteiger partial charge < -0.3 is 0 Å². The highest BCUT2D eigenvalue weighted by atomic mass is 35.5. The van der Waals surface area contributed by atoms with Crippen molar-refractivity contribution in [2.24, 2.45) is 0 Å². The zero-order valence-electron chi connectivity index (χ0n) is 12.4. The minimum Gasteiger partial charge on any atom is -0.292 e. The van der Waals surface area contributed by atoms with Crippen molar-refractivity contribution in [3.63, 3.8) is 0 Å². The Morgan fingerprint density at radius 2 is 1.33 bits per heavy atom. The third kappa shape index (κ3) is 2.22. The van der Waals surface area contributed by atoms with Crippen molar-refractivity contribution in [1.29, 1.82) is 0 Å². The third-order valence-electron chi connectivity index (χ3n) is 4.17. The monoisotopic (exact) mass is 354 g/mol. The van der Waals surface area contributed by atoms with Crippen LogP contribution in [0.4, 0.5) is 0 Å². The fourth-order valence-electron chi connectivity index (χ4n) is 3.05. The van der Waals surface area contributed by atoms with E-state index in [1.54, 1.807) is 48.5 Å². The van der Waals surface area contributed by atoms with Gasteiger partial charge in [0.1, 0.15) is 0 Å². The van der Waals surface area contributed by atoms with Crippen LogP contribution in [-0.4, -0.2) is 21.0 Å². The number of carbonyl (C=O) groups excluding carboxylic acids is 2. The smallest absolute Gasteiger partial charge is 0.187 e. The summed E-state index contributed by atoms with van der Waals surface area (Å²) in [5.41, 5.74) is 0.907. The Morgan fingerprint density at radius 1 is 0.792 bits per heavy atom. The summed E-state index contributed by atoms with van der Waals surface area (Å²) in [5, 5.41) is 0.778. The van der Waals surface area contributed by atoms with Gasteiger partial charge in [0, 0.05) is 26.4 Å². The van der Waals surface area contributed by atoms with E-state index in [-0.39, 0.29) is 0 Å². The predicted molar refractivity (Wildman–Crippen MR) is 94.3 cm³/mol. The van der Waals surface area contributed by atoms with Gasteiger partial charge in [-0.05, 0) is 29.7 Å². The summed E-state index contributed by atoms with van der Waals surface area (Å²) in [5.74, 6) is -0.782. The van der Waals surface area contributed by atoms with Crippen LogP contribution in [-0.2, 0) is 10.8 Å². The van der Waals surface area contributed by atoms with Gasteiger partial charge in [0.05, 0.1) is 10.8 Å². The van der Waals surface area contributed by atoms with E-state index in [1.807, 2.05) is 12.1 Å². The zero-order valence-corrected chi connectivity index (χ0v) is 13.9. The van der Waals surface area contributed by atoms with Crippen molar-refractivity contribution in [2.75, 3.05) is 0 Å². The Hall–Kier alpha value is -2.30. The molecule has 1 atom stereocenters. The standard InChI is InChI=1S/C19H11ClO3S/c20-12-7-9-13(10-8-12)24(23)19-17(21)14-5-1-3-11-4-2-6-15(16(11)14)18(19)22/h1-10,19H. The highest BCUT2D eigenvalue weighted by Gasteiger charge is 2.40. The molecule has 0 saturated carbocycles. The van der Waals surface area contributed by atoms with Gasteiger partial charge in [-0.15, -0.1) is 0 Å². The average molecular weight is 355 g/mol. The van der Waals surface area contributed by atoms with E-state index < -0.39 is 27.6 Å². The maximum Gasteiger partial charge on any atom is 0.187 e. The summed E-state index contributed by atoms with van der Waals surface area (Å²) < 4.78 is 12.9. The van der Waals surface area contributed by atoms with Crippen LogP contribution in [0.2, 0.25) is 5.02 Å². The minimum atomic E-state index is -1.77. The van der Waals surface area contributed by atoms with Crippen LogP contribution in [0.25, 0.3) is 10.8 Å². The number of hydrogen-bond acceptors (Lipinski definition) is 3. The lowest BCUT2D eigenvalue weighted by Gasteiger charge is -2.22. The third-order valence-corrected chi connectivity index (χ3v) is 6.02. The summed E-state index contributed by atoms with van der Waals surface area (Å²) >= 11 is 5.85. The minimum absolute atomic E-state index is 0.391. The number of ketones is 2. The van der Waals surface area contributed by atoms with E-state index in [0.29, 0.717) is 26.4 Å². The normalized spacial score (nSPS) is 15.7. The molecule has 3 aromatic carbocycles. The number of benzene rings is 3. The van der Waals surface area contributed by atoms with Crippen LogP contribution < -0.4 is 0 Å². The molecule has 0 saturated heterocycles. The molecule has 1 unspecified atom stereocenters. The number of halogens is 1. The first-order valence-electron chi connectivity index (χ1n) is 7.34. The summed E-state index contributed by atoms with van der Waals surface area (Å²) in [4.78, 5) is 26.1. The lowest BCUT2D eigenvalue weighted by Crippen LogP contribution is -2.38. The van der Waals surface area contributed by atoms with Gasteiger partial charge in [0.2, 0.25) is 0 Å². The molecule has 0 aromatic heterocycles. The molecule has 4 rings (SSSR count). The maximum absolute atomic E-state index is 12.9. The van der Waals surface area contributed by atoms with Gasteiger partial charge in [-0.1, -0.05) is 48.0 Å². The molecule has 0 fully saturated rings. The molecular weight excluding hydrogens is 344 g/mol. The van der Waals surface area contributed by atoms with Gasteiger partial charge in [-0.2, -0.15) is 0 Å². The molecule has 24 heavy (non-hydrogen) atoms. The van der Waals surface area contributed by atoms with Crippen molar-refractivity contribution < 1.29 is 13.8 Å². The Bertz CT molecular complexity index is 974. The molecular formula is C19H11ClO3S. The summed E-state index contributed by atoms with van der Waals surface area (Å²) in [6.07, 6.45) is 0. The number of rotatable bonds is 2. The van der Waals surface area contributed by atoms with Gasteiger partial charge in [-0.25, -0.2) is 0 Å². The molecule has 1 aliphatic rings. The van der Waals surface area contributed by atoms with Crippen LogP contribution in [0.3, 0.4) is 0 Å². The number of carbonyl (C=O) groups is 2. The second kappa shape index (κ2) is 5.65. The van der Waals surface area contributed by atoms with Crippen LogP contribution >= 0.6 is 11.6 Å². The molecule has 118 valence electrons. The Labute approximate surface area is 145 Å². The molecule has 0 bridgehead atoms. The second-order valence-electron chi connectivity index (χ2n) is 5.57. The van der Waals surface area contributed by atoms with E-state index >= 15 is 0 Å². The van der Waals surface area contributed by atoms with Crippen molar-refractivity contribution in [3.8, 4) is 0 Å². The van der Waals surface area contributed by atoms with Crippen molar-refractivity contribution in [3.05, 3.63) is 76.8 Å². The molecule has 5 heteroatoms. The van der Waals surface area contributed by atoms with E-state index in [1.165, 1.54) is 0 Å². The highest BCUT2D eigenvalue weighted by Crippen LogP contribution is 2.32. The molecule has 1 aliphatic carbocycles. The summed E-state index contributed by atoms with van der Waals surface area (Å²) in [7, 11) is -1.77. The van der Waals surface area contributed by atoms with E-state index in [9.17, 15) is 13.8 Å². The first-order chi connectivity index (χ1) is 11.6. The highest BCUT2D eigenvalue weighted by molar-refractivity contribution is 7.87. The molecule has 0 radical (unpaired) electrons. The van der Waals surface area contributed by atoms with Crippen LogP contribution in [0.5, 0.6) is 0 Å².